The molecule has 0 saturated carbocycles. The van der Waals surface area contributed by atoms with Crippen molar-refractivity contribution in [3.63, 3.8) is 0 Å². The second kappa shape index (κ2) is 9.67. The first-order valence-electron chi connectivity index (χ1n) is 8.12. The highest BCUT2D eigenvalue weighted by Crippen LogP contribution is 2.28. The Bertz CT molecular complexity index is 613. The summed E-state index contributed by atoms with van der Waals surface area (Å²) < 4.78 is 22.2. The maximum absolute atomic E-state index is 5.78. The lowest BCUT2D eigenvalue weighted by molar-refractivity contribution is 0.208. The predicted octanol–water partition coefficient (Wildman–Crippen LogP) is 3.05. The van der Waals surface area contributed by atoms with Crippen molar-refractivity contribution >= 4 is 0 Å². The number of benzene rings is 2. The second-order valence-electron chi connectivity index (χ2n) is 5.13. The number of hydrogen-bond donors (Lipinski definition) is 1. The summed E-state index contributed by atoms with van der Waals surface area (Å²) in [7, 11) is 1.64. The van der Waals surface area contributed by atoms with Crippen LogP contribution in [-0.4, -0.2) is 33.5 Å². The van der Waals surface area contributed by atoms with Crippen LogP contribution in [-0.2, 0) is 6.42 Å². The quantitative estimate of drug-likeness (QED) is 0.678. The van der Waals surface area contributed by atoms with Crippen molar-refractivity contribution in [2.45, 2.75) is 13.3 Å². The third-order valence-electron chi connectivity index (χ3n) is 3.41. The van der Waals surface area contributed by atoms with Gasteiger partial charge < -0.3 is 24.7 Å². The molecule has 0 amide bonds. The maximum Gasteiger partial charge on any atom is 0.161 e. The van der Waals surface area contributed by atoms with Gasteiger partial charge in [-0.1, -0.05) is 6.07 Å². The molecule has 24 heavy (non-hydrogen) atoms. The van der Waals surface area contributed by atoms with Gasteiger partial charge in [0, 0.05) is 0 Å². The summed E-state index contributed by atoms with van der Waals surface area (Å²) in [5.41, 5.74) is 6.74. The van der Waals surface area contributed by atoms with Crippen LogP contribution in [0.1, 0.15) is 12.5 Å². The van der Waals surface area contributed by atoms with Gasteiger partial charge in [-0.05, 0) is 61.9 Å². The number of hydrogen-bond acceptors (Lipinski definition) is 5. The van der Waals surface area contributed by atoms with Crippen LogP contribution in [0.5, 0.6) is 23.0 Å². The standard InChI is InChI=1S/C19H25NO4/c1-3-22-19-14-15(10-11-20)4-9-18(19)24-13-12-23-17-7-5-16(21-2)6-8-17/h4-9,14H,3,10-13,20H2,1-2H3. The average molecular weight is 331 g/mol. The highest BCUT2D eigenvalue weighted by atomic mass is 16.5. The molecule has 0 aromatic heterocycles. The smallest absolute Gasteiger partial charge is 0.161 e. The molecule has 0 aliphatic rings. The molecule has 0 atom stereocenters. The fraction of sp³-hybridized carbons (Fsp3) is 0.368. The SMILES string of the molecule is CCOc1cc(CCN)ccc1OCCOc1ccc(OC)cc1. The van der Waals surface area contributed by atoms with E-state index in [0.29, 0.717) is 26.4 Å². The number of nitrogens with two attached hydrogens (primary N) is 1. The first-order valence-corrected chi connectivity index (χ1v) is 8.12. The average Bonchev–Trinajstić information content (AvgIpc) is 2.61. The van der Waals surface area contributed by atoms with E-state index in [-0.39, 0.29) is 0 Å². The number of methoxy groups -OCH3 is 1. The Morgan fingerprint density at radius 2 is 1.54 bits per heavy atom. The highest BCUT2D eigenvalue weighted by molar-refractivity contribution is 5.43. The monoisotopic (exact) mass is 331 g/mol. The van der Waals surface area contributed by atoms with E-state index in [0.717, 1.165) is 35.0 Å². The van der Waals surface area contributed by atoms with Crippen molar-refractivity contribution in [2.75, 3.05) is 33.5 Å². The zero-order valence-corrected chi connectivity index (χ0v) is 14.3. The van der Waals surface area contributed by atoms with Crippen LogP contribution in [0, 0.1) is 0 Å². The summed E-state index contributed by atoms with van der Waals surface area (Å²) in [6, 6.07) is 13.4. The van der Waals surface area contributed by atoms with Gasteiger partial charge in [-0.3, -0.25) is 0 Å². The molecule has 2 aromatic carbocycles. The van der Waals surface area contributed by atoms with Gasteiger partial charge in [-0.15, -0.1) is 0 Å². The fourth-order valence-electron chi connectivity index (χ4n) is 2.25. The summed E-state index contributed by atoms with van der Waals surface area (Å²) in [6.45, 7) is 4.03. The van der Waals surface area contributed by atoms with Crippen LogP contribution in [0.3, 0.4) is 0 Å². The molecule has 0 aliphatic heterocycles. The molecule has 0 aliphatic carbocycles. The van der Waals surface area contributed by atoms with Crippen molar-refractivity contribution in [3.05, 3.63) is 48.0 Å². The summed E-state index contributed by atoms with van der Waals surface area (Å²) in [6.07, 6.45) is 0.820. The molecule has 0 bridgehead atoms. The van der Waals surface area contributed by atoms with Crippen LogP contribution in [0.4, 0.5) is 0 Å². The minimum atomic E-state index is 0.433. The van der Waals surface area contributed by atoms with Crippen LogP contribution in [0.25, 0.3) is 0 Å². The van der Waals surface area contributed by atoms with Crippen molar-refractivity contribution in [1.82, 2.24) is 0 Å². The molecule has 0 heterocycles. The van der Waals surface area contributed by atoms with E-state index in [1.165, 1.54) is 0 Å². The molecule has 0 saturated heterocycles. The van der Waals surface area contributed by atoms with Crippen LogP contribution in [0.2, 0.25) is 0 Å². The second-order valence-corrected chi connectivity index (χ2v) is 5.13. The van der Waals surface area contributed by atoms with Crippen molar-refractivity contribution in [1.29, 1.82) is 0 Å². The Balaban J connectivity index is 1.86. The Kier molecular flexibility index (Phi) is 7.23. The molecule has 130 valence electrons. The molecule has 5 heteroatoms. The fourth-order valence-corrected chi connectivity index (χ4v) is 2.25. The van der Waals surface area contributed by atoms with Crippen molar-refractivity contribution in [2.24, 2.45) is 5.73 Å². The lowest BCUT2D eigenvalue weighted by Gasteiger charge is -2.14. The van der Waals surface area contributed by atoms with Gasteiger partial charge in [-0.2, -0.15) is 0 Å². The first-order chi connectivity index (χ1) is 11.8. The zero-order chi connectivity index (χ0) is 17.2. The lowest BCUT2D eigenvalue weighted by Crippen LogP contribution is -2.10. The predicted molar refractivity (Wildman–Crippen MR) is 94.4 cm³/mol. The Morgan fingerprint density at radius 1 is 0.833 bits per heavy atom. The van der Waals surface area contributed by atoms with Crippen LogP contribution >= 0.6 is 0 Å². The van der Waals surface area contributed by atoms with E-state index in [9.17, 15) is 0 Å². The number of rotatable bonds is 10. The van der Waals surface area contributed by atoms with Gasteiger partial charge in [0.15, 0.2) is 11.5 Å². The van der Waals surface area contributed by atoms with Gasteiger partial charge in [0.05, 0.1) is 13.7 Å². The van der Waals surface area contributed by atoms with Crippen LogP contribution in [0.15, 0.2) is 42.5 Å². The van der Waals surface area contributed by atoms with E-state index < -0.39 is 0 Å². The van der Waals surface area contributed by atoms with E-state index in [4.69, 9.17) is 24.7 Å². The molecule has 0 radical (unpaired) electrons. The Morgan fingerprint density at radius 3 is 2.21 bits per heavy atom. The summed E-state index contributed by atoms with van der Waals surface area (Å²) >= 11 is 0. The highest BCUT2D eigenvalue weighted by Gasteiger charge is 2.06. The molecule has 2 N–H and O–H groups in total. The first kappa shape index (κ1) is 17.9. The summed E-state index contributed by atoms with van der Waals surface area (Å²) in [5, 5.41) is 0. The van der Waals surface area contributed by atoms with E-state index in [1.807, 2.05) is 49.4 Å². The summed E-state index contributed by atoms with van der Waals surface area (Å²) in [4.78, 5) is 0. The van der Waals surface area contributed by atoms with Crippen molar-refractivity contribution < 1.29 is 18.9 Å². The third-order valence-corrected chi connectivity index (χ3v) is 3.41. The van der Waals surface area contributed by atoms with E-state index in [2.05, 4.69) is 0 Å². The van der Waals surface area contributed by atoms with Gasteiger partial charge in [0.1, 0.15) is 24.7 Å². The molecule has 0 fully saturated rings. The molecular formula is C19H25NO4. The Labute approximate surface area is 143 Å². The van der Waals surface area contributed by atoms with Gasteiger partial charge in [-0.25, -0.2) is 0 Å². The van der Waals surface area contributed by atoms with Gasteiger partial charge >= 0.3 is 0 Å². The molecule has 2 aromatic rings. The normalized spacial score (nSPS) is 10.3. The Hall–Kier alpha value is -2.40. The molecule has 2 rings (SSSR count). The molecule has 5 nitrogen and oxygen atoms in total. The van der Waals surface area contributed by atoms with E-state index in [1.54, 1.807) is 7.11 Å². The molecule has 0 unspecified atom stereocenters. The minimum absolute atomic E-state index is 0.433. The van der Waals surface area contributed by atoms with E-state index >= 15 is 0 Å². The molecule has 0 spiro atoms. The molecular weight excluding hydrogens is 306 g/mol. The number of ether oxygens (including phenoxy) is 4. The van der Waals surface area contributed by atoms with Crippen LogP contribution < -0.4 is 24.7 Å². The topological polar surface area (TPSA) is 62.9 Å². The van der Waals surface area contributed by atoms with Gasteiger partial charge in [0.25, 0.3) is 0 Å². The summed E-state index contributed by atoms with van der Waals surface area (Å²) in [5.74, 6) is 3.05. The minimum Gasteiger partial charge on any atom is -0.497 e. The lowest BCUT2D eigenvalue weighted by atomic mass is 10.1. The largest absolute Gasteiger partial charge is 0.497 e. The van der Waals surface area contributed by atoms with Gasteiger partial charge in [0.2, 0.25) is 0 Å². The zero-order valence-electron chi connectivity index (χ0n) is 14.3. The maximum atomic E-state index is 5.78. The third kappa shape index (κ3) is 5.35. The van der Waals surface area contributed by atoms with Crippen molar-refractivity contribution in [3.8, 4) is 23.0 Å².